The normalized spacial score (nSPS) is 23.1. The molecule has 1 aliphatic heterocycles. The zero-order chi connectivity index (χ0) is 15.5. The molecule has 2 heterocycles. The Labute approximate surface area is 128 Å². The van der Waals surface area contributed by atoms with Crippen molar-refractivity contribution in [3.63, 3.8) is 0 Å². The molecule has 1 aromatic heterocycles. The summed E-state index contributed by atoms with van der Waals surface area (Å²) in [7, 11) is 2.15. The molecule has 0 bridgehead atoms. The molecular weight excluding hydrogens is 264 g/mol. The van der Waals surface area contributed by atoms with E-state index in [0.717, 1.165) is 38.2 Å². The van der Waals surface area contributed by atoms with Crippen LogP contribution >= 0.6 is 0 Å². The Morgan fingerprint density at radius 1 is 1.29 bits per heavy atom. The van der Waals surface area contributed by atoms with E-state index in [0.29, 0.717) is 12.2 Å². The van der Waals surface area contributed by atoms with Crippen molar-refractivity contribution in [1.82, 2.24) is 10.2 Å². The van der Waals surface area contributed by atoms with Crippen LogP contribution in [-0.4, -0.2) is 42.8 Å². The molecule has 2 unspecified atom stereocenters. The van der Waals surface area contributed by atoms with Crippen LogP contribution in [0.1, 0.15) is 44.9 Å². The van der Waals surface area contributed by atoms with Gasteiger partial charge in [-0.05, 0) is 53.7 Å². The second-order valence-electron chi connectivity index (χ2n) is 7.29. The number of hydrogen-bond acceptors (Lipinski definition) is 4. The predicted octanol–water partition coefficient (Wildman–Crippen LogP) is 2.96. The van der Waals surface area contributed by atoms with Crippen molar-refractivity contribution in [1.29, 1.82) is 0 Å². The summed E-state index contributed by atoms with van der Waals surface area (Å²) < 4.78 is 11.5. The predicted molar refractivity (Wildman–Crippen MR) is 85.4 cm³/mol. The third kappa shape index (κ3) is 5.46. The first-order valence-corrected chi connectivity index (χ1v) is 7.95. The highest BCUT2D eigenvalue weighted by Crippen LogP contribution is 2.21. The van der Waals surface area contributed by atoms with Crippen molar-refractivity contribution in [2.24, 2.45) is 0 Å². The molecule has 0 spiro atoms. The summed E-state index contributed by atoms with van der Waals surface area (Å²) in [5.41, 5.74) is 1.43. The number of rotatable bonds is 6. The van der Waals surface area contributed by atoms with Gasteiger partial charge in [0.2, 0.25) is 0 Å². The summed E-state index contributed by atoms with van der Waals surface area (Å²) in [6, 6.07) is 2.05. The quantitative estimate of drug-likeness (QED) is 0.875. The van der Waals surface area contributed by atoms with Crippen LogP contribution in [0.5, 0.6) is 0 Å². The van der Waals surface area contributed by atoms with E-state index in [1.54, 1.807) is 6.26 Å². The SMILES string of the molecule is Cc1occc1CN(C)CC1CCC(CNC(C)(C)C)O1. The van der Waals surface area contributed by atoms with Gasteiger partial charge in [0.1, 0.15) is 5.76 Å². The summed E-state index contributed by atoms with van der Waals surface area (Å²) in [6.07, 6.45) is 4.79. The van der Waals surface area contributed by atoms with Crippen molar-refractivity contribution >= 4 is 0 Å². The summed E-state index contributed by atoms with van der Waals surface area (Å²) in [4.78, 5) is 2.32. The van der Waals surface area contributed by atoms with Crippen LogP contribution < -0.4 is 5.32 Å². The van der Waals surface area contributed by atoms with Gasteiger partial charge in [-0.1, -0.05) is 0 Å². The lowest BCUT2D eigenvalue weighted by atomic mass is 10.1. The fourth-order valence-corrected chi connectivity index (χ4v) is 2.76. The average Bonchev–Trinajstić information content (AvgIpc) is 2.96. The van der Waals surface area contributed by atoms with E-state index in [2.05, 4.69) is 44.1 Å². The van der Waals surface area contributed by atoms with E-state index in [9.17, 15) is 0 Å². The van der Waals surface area contributed by atoms with Crippen molar-refractivity contribution in [2.75, 3.05) is 20.1 Å². The molecule has 1 saturated heterocycles. The van der Waals surface area contributed by atoms with Gasteiger partial charge >= 0.3 is 0 Å². The van der Waals surface area contributed by atoms with Crippen LogP contribution in [0.25, 0.3) is 0 Å². The first-order valence-electron chi connectivity index (χ1n) is 7.95. The van der Waals surface area contributed by atoms with Crippen molar-refractivity contribution < 1.29 is 9.15 Å². The van der Waals surface area contributed by atoms with Crippen LogP contribution in [0.15, 0.2) is 16.7 Å². The Balaban J connectivity index is 1.71. The van der Waals surface area contributed by atoms with Crippen molar-refractivity contribution in [3.05, 3.63) is 23.7 Å². The van der Waals surface area contributed by atoms with Gasteiger partial charge in [-0.15, -0.1) is 0 Å². The minimum absolute atomic E-state index is 0.164. The van der Waals surface area contributed by atoms with E-state index in [4.69, 9.17) is 9.15 Å². The van der Waals surface area contributed by atoms with Crippen LogP contribution in [0, 0.1) is 6.92 Å². The first kappa shape index (κ1) is 16.5. The molecule has 4 nitrogen and oxygen atoms in total. The molecule has 0 aromatic carbocycles. The maximum atomic E-state index is 6.15. The molecule has 1 aromatic rings. The molecule has 21 heavy (non-hydrogen) atoms. The topological polar surface area (TPSA) is 37.6 Å². The third-order valence-corrected chi connectivity index (χ3v) is 3.98. The second kappa shape index (κ2) is 6.95. The molecule has 0 aliphatic carbocycles. The number of hydrogen-bond donors (Lipinski definition) is 1. The Bertz CT molecular complexity index is 436. The second-order valence-corrected chi connectivity index (χ2v) is 7.29. The molecule has 4 heteroatoms. The molecule has 1 N–H and O–H groups in total. The Morgan fingerprint density at radius 2 is 2.00 bits per heavy atom. The lowest BCUT2D eigenvalue weighted by molar-refractivity contribution is 0.0240. The maximum Gasteiger partial charge on any atom is 0.105 e. The van der Waals surface area contributed by atoms with E-state index < -0.39 is 0 Å². The number of likely N-dealkylation sites (N-methyl/N-ethyl adjacent to an activating group) is 1. The monoisotopic (exact) mass is 294 g/mol. The highest BCUT2D eigenvalue weighted by atomic mass is 16.5. The number of aryl methyl sites for hydroxylation is 1. The van der Waals surface area contributed by atoms with Gasteiger partial charge in [0, 0.05) is 30.7 Å². The fourth-order valence-electron chi connectivity index (χ4n) is 2.76. The molecule has 1 fully saturated rings. The maximum absolute atomic E-state index is 6.15. The Morgan fingerprint density at radius 3 is 2.62 bits per heavy atom. The number of ether oxygens (including phenoxy) is 1. The van der Waals surface area contributed by atoms with Crippen LogP contribution in [-0.2, 0) is 11.3 Å². The van der Waals surface area contributed by atoms with Crippen LogP contribution in [0.2, 0.25) is 0 Å². The highest BCUT2D eigenvalue weighted by Gasteiger charge is 2.27. The van der Waals surface area contributed by atoms with E-state index in [1.807, 2.05) is 6.92 Å². The van der Waals surface area contributed by atoms with Gasteiger partial charge in [0.15, 0.2) is 0 Å². The van der Waals surface area contributed by atoms with E-state index >= 15 is 0 Å². The minimum atomic E-state index is 0.164. The number of nitrogens with zero attached hydrogens (tertiary/aromatic N) is 1. The largest absolute Gasteiger partial charge is 0.469 e. The summed E-state index contributed by atoms with van der Waals surface area (Å²) in [6.45, 7) is 11.5. The lowest BCUT2D eigenvalue weighted by Gasteiger charge is -2.24. The molecule has 2 rings (SSSR count). The molecule has 2 atom stereocenters. The summed E-state index contributed by atoms with van der Waals surface area (Å²) >= 11 is 0. The molecular formula is C17H30N2O2. The van der Waals surface area contributed by atoms with Crippen LogP contribution in [0.4, 0.5) is 0 Å². The summed E-state index contributed by atoms with van der Waals surface area (Å²) in [5.74, 6) is 1.02. The van der Waals surface area contributed by atoms with Gasteiger partial charge in [-0.2, -0.15) is 0 Å². The van der Waals surface area contributed by atoms with Gasteiger partial charge < -0.3 is 14.5 Å². The zero-order valence-electron chi connectivity index (χ0n) is 14.1. The summed E-state index contributed by atoms with van der Waals surface area (Å²) in [5, 5.41) is 3.53. The zero-order valence-corrected chi connectivity index (χ0v) is 14.1. The van der Waals surface area contributed by atoms with Gasteiger partial charge in [0.05, 0.1) is 18.5 Å². The average molecular weight is 294 g/mol. The molecule has 0 radical (unpaired) electrons. The smallest absolute Gasteiger partial charge is 0.105 e. The van der Waals surface area contributed by atoms with Gasteiger partial charge in [0.25, 0.3) is 0 Å². The lowest BCUT2D eigenvalue weighted by Crippen LogP contribution is -2.41. The molecule has 0 amide bonds. The Kier molecular flexibility index (Phi) is 5.47. The number of nitrogens with one attached hydrogen (secondary N) is 1. The van der Waals surface area contributed by atoms with E-state index in [1.165, 1.54) is 5.56 Å². The standard InChI is InChI=1S/C17H30N2O2/c1-13-14(8-9-20-13)11-19(5)12-16-7-6-15(21-16)10-18-17(2,3)4/h8-9,15-16,18H,6-7,10-12H2,1-5H3. The highest BCUT2D eigenvalue weighted by molar-refractivity contribution is 5.15. The Hall–Kier alpha value is -0.840. The van der Waals surface area contributed by atoms with Crippen molar-refractivity contribution in [3.8, 4) is 0 Å². The van der Waals surface area contributed by atoms with E-state index in [-0.39, 0.29) is 5.54 Å². The molecule has 1 aliphatic rings. The van der Waals surface area contributed by atoms with Crippen LogP contribution in [0.3, 0.4) is 0 Å². The molecule has 0 saturated carbocycles. The third-order valence-electron chi connectivity index (χ3n) is 3.98. The fraction of sp³-hybridized carbons (Fsp3) is 0.765. The number of furan rings is 1. The first-order chi connectivity index (χ1) is 9.83. The van der Waals surface area contributed by atoms with Crippen molar-refractivity contribution in [2.45, 2.75) is 64.8 Å². The molecule has 120 valence electrons. The minimum Gasteiger partial charge on any atom is -0.469 e. The van der Waals surface area contributed by atoms with Gasteiger partial charge in [-0.25, -0.2) is 0 Å². The van der Waals surface area contributed by atoms with Gasteiger partial charge in [-0.3, -0.25) is 4.90 Å².